The molecule has 24 heavy (non-hydrogen) atoms. The van der Waals surface area contributed by atoms with E-state index in [2.05, 4.69) is 22.2 Å². The highest BCUT2D eigenvalue weighted by atomic mass is 35.5. The first-order chi connectivity index (χ1) is 10.9. The van der Waals surface area contributed by atoms with Gasteiger partial charge in [-0.3, -0.25) is 0 Å². The fourth-order valence-electron chi connectivity index (χ4n) is 3.23. The van der Waals surface area contributed by atoms with Gasteiger partial charge in [-0.05, 0) is 37.9 Å². The average molecular weight is 376 g/mol. The Balaban J connectivity index is 0.00000208. The minimum atomic E-state index is -3.49. The third kappa shape index (κ3) is 4.47. The summed E-state index contributed by atoms with van der Waals surface area (Å²) in [6.45, 7) is 6.25. The number of ether oxygens (including phenoxy) is 1. The molecule has 2 aliphatic heterocycles. The van der Waals surface area contributed by atoms with Crippen molar-refractivity contribution in [2.45, 2.75) is 31.9 Å². The van der Waals surface area contributed by atoms with Gasteiger partial charge in [0.05, 0.1) is 12.2 Å². The molecule has 2 aliphatic rings. The molecule has 0 saturated carbocycles. The van der Waals surface area contributed by atoms with Crippen LogP contribution in [-0.4, -0.2) is 51.1 Å². The first-order valence-corrected chi connectivity index (χ1v) is 9.51. The van der Waals surface area contributed by atoms with Gasteiger partial charge in [0.2, 0.25) is 0 Å². The molecule has 0 amide bonds. The highest BCUT2D eigenvalue weighted by Crippen LogP contribution is 2.23. The van der Waals surface area contributed by atoms with E-state index in [1.165, 1.54) is 15.4 Å². The van der Waals surface area contributed by atoms with E-state index >= 15 is 0 Å². The molecule has 1 saturated heterocycles. The Morgan fingerprint density at radius 3 is 2.88 bits per heavy atom. The molecule has 8 heteroatoms. The molecular formula is C16H26ClN3O3S. The van der Waals surface area contributed by atoms with Gasteiger partial charge in [-0.1, -0.05) is 24.3 Å². The second-order valence-corrected chi connectivity index (χ2v) is 8.51. The molecule has 2 heterocycles. The topological polar surface area (TPSA) is 70.7 Å². The van der Waals surface area contributed by atoms with Crippen LogP contribution in [0.2, 0.25) is 0 Å². The van der Waals surface area contributed by atoms with Gasteiger partial charge in [-0.2, -0.15) is 12.7 Å². The lowest BCUT2D eigenvalue weighted by atomic mass is 9.95. The minimum Gasteiger partial charge on any atom is -0.373 e. The lowest BCUT2D eigenvalue weighted by molar-refractivity contribution is -0.0643. The fourth-order valence-corrected chi connectivity index (χ4v) is 4.59. The van der Waals surface area contributed by atoms with Gasteiger partial charge in [0, 0.05) is 25.7 Å². The monoisotopic (exact) mass is 375 g/mol. The summed E-state index contributed by atoms with van der Waals surface area (Å²) in [7, 11) is -3.49. The van der Waals surface area contributed by atoms with Gasteiger partial charge >= 0.3 is 0 Å². The smallest absolute Gasteiger partial charge is 0.279 e. The SMILES string of the molecule is CC1(C)CN(S(=O)(=O)NCC2NCCc3ccccc32)CCO1.Cl. The van der Waals surface area contributed by atoms with Crippen LogP contribution in [0, 0.1) is 0 Å². The van der Waals surface area contributed by atoms with E-state index in [1.807, 2.05) is 26.0 Å². The zero-order valence-electron chi connectivity index (χ0n) is 14.1. The van der Waals surface area contributed by atoms with Crippen LogP contribution in [-0.2, 0) is 21.4 Å². The van der Waals surface area contributed by atoms with E-state index in [0.29, 0.717) is 26.2 Å². The highest BCUT2D eigenvalue weighted by Gasteiger charge is 2.34. The molecule has 0 aliphatic carbocycles. The summed E-state index contributed by atoms with van der Waals surface area (Å²) in [4.78, 5) is 0. The van der Waals surface area contributed by atoms with Crippen LogP contribution in [0.15, 0.2) is 24.3 Å². The Morgan fingerprint density at radius 1 is 1.38 bits per heavy atom. The highest BCUT2D eigenvalue weighted by molar-refractivity contribution is 7.87. The third-order valence-corrected chi connectivity index (χ3v) is 5.94. The number of hydrogen-bond acceptors (Lipinski definition) is 4. The number of morpholine rings is 1. The zero-order valence-corrected chi connectivity index (χ0v) is 15.8. The van der Waals surface area contributed by atoms with Crippen molar-refractivity contribution in [2.24, 2.45) is 0 Å². The maximum absolute atomic E-state index is 12.6. The molecular weight excluding hydrogens is 350 g/mol. The van der Waals surface area contributed by atoms with Crippen LogP contribution < -0.4 is 10.0 Å². The predicted octanol–water partition coefficient (Wildman–Crippen LogP) is 1.24. The van der Waals surface area contributed by atoms with Crippen molar-refractivity contribution < 1.29 is 13.2 Å². The maximum atomic E-state index is 12.6. The van der Waals surface area contributed by atoms with Gasteiger partial charge in [-0.25, -0.2) is 4.72 Å². The van der Waals surface area contributed by atoms with Crippen molar-refractivity contribution >= 4 is 22.6 Å². The van der Waals surface area contributed by atoms with Crippen molar-refractivity contribution in [3.8, 4) is 0 Å². The Hall–Kier alpha value is -0.700. The summed E-state index contributed by atoms with van der Waals surface area (Å²) in [5.74, 6) is 0. The number of halogens is 1. The van der Waals surface area contributed by atoms with Crippen LogP contribution in [0.1, 0.15) is 31.0 Å². The van der Waals surface area contributed by atoms with Gasteiger partial charge in [0.25, 0.3) is 10.2 Å². The number of nitrogens with one attached hydrogen (secondary N) is 2. The van der Waals surface area contributed by atoms with E-state index in [9.17, 15) is 8.42 Å². The van der Waals surface area contributed by atoms with Crippen molar-refractivity contribution in [1.29, 1.82) is 0 Å². The molecule has 1 atom stereocenters. The molecule has 0 spiro atoms. The molecule has 0 bridgehead atoms. The predicted molar refractivity (Wildman–Crippen MR) is 96.7 cm³/mol. The van der Waals surface area contributed by atoms with Crippen LogP contribution in [0.5, 0.6) is 0 Å². The molecule has 1 fully saturated rings. The lowest BCUT2D eigenvalue weighted by Crippen LogP contribution is -2.54. The Labute approximate surface area is 150 Å². The fraction of sp³-hybridized carbons (Fsp3) is 0.625. The Bertz CT molecular complexity index is 666. The zero-order chi connectivity index (χ0) is 16.5. The summed E-state index contributed by atoms with van der Waals surface area (Å²) >= 11 is 0. The van der Waals surface area contributed by atoms with Crippen LogP contribution in [0.4, 0.5) is 0 Å². The van der Waals surface area contributed by atoms with Crippen molar-refractivity contribution in [3.05, 3.63) is 35.4 Å². The maximum Gasteiger partial charge on any atom is 0.279 e. The molecule has 1 aromatic rings. The normalized spacial score (nSPS) is 24.0. The minimum absolute atomic E-state index is 0. The van der Waals surface area contributed by atoms with E-state index in [0.717, 1.165) is 13.0 Å². The Morgan fingerprint density at radius 2 is 2.12 bits per heavy atom. The van der Waals surface area contributed by atoms with Gasteiger partial charge < -0.3 is 10.1 Å². The van der Waals surface area contributed by atoms with Crippen LogP contribution >= 0.6 is 12.4 Å². The number of rotatable bonds is 4. The van der Waals surface area contributed by atoms with Gasteiger partial charge in [-0.15, -0.1) is 12.4 Å². The number of fused-ring (bicyclic) bond motifs is 1. The molecule has 1 unspecified atom stereocenters. The Kier molecular flexibility index (Phi) is 6.28. The summed E-state index contributed by atoms with van der Waals surface area (Å²) in [6.07, 6.45) is 0.983. The summed E-state index contributed by atoms with van der Waals surface area (Å²) in [5.41, 5.74) is 2.04. The van der Waals surface area contributed by atoms with Crippen LogP contribution in [0.3, 0.4) is 0 Å². The summed E-state index contributed by atoms with van der Waals surface area (Å²) in [6, 6.07) is 8.23. The van der Waals surface area contributed by atoms with E-state index in [1.54, 1.807) is 0 Å². The van der Waals surface area contributed by atoms with Gasteiger partial charge in [0.1, 0.15) is 0 Å². The second-order valence-electron chi connectivity index (χ2n) is 6.75. The molecule has 0 radical (unpaired) electrons. The van der Waals surface area contributed by atoms with Crippen molar-refractivity contribution in [1.82, 2.24) is 14.3 Å². The van der Waals surface area contributed by atoms with Crippen LogP contribution in [0.25, 0.3) is 0 Å². The molecule has 2 N–H and O–H groups in total. The molecule has 0 aromatic heterocycles. The van der Waals surface area contributed by atoms with E-state index in [-0.39, 0.29) is 18.4 Å². The number of nitrogens with zero attached hydrogens (tertiary/aromatic N) is 1. The third-order valence-electron chi connectivity index (χ3n) is 4.42. The van der Waals surface area contributed by atoms with Crippen molar-refractivity contribution in [2.75, 3.05) is 32.8 Å². The molecule has 6 nitrogen and oxygen atoms in total. The van der Waals surface area contributed by atoms with E-state index < -0.39 is 15.8 Å². The average Bonchev–Trinajstić information content (AvgIpc) is 2.52. The molecule has 136 valence electrons. The quantitative estimate of drug-likeness (QED) is 0.830. The standard InChI is InChI=1S/C16H25N3O3S.ClH/c1-16(2)12-19(9-10-22-16)23(20,21)18-11-15-14-6-4-3-5-13(14)7-8-17-15;/h3-6,15,17-18H,7-12H2,1-2H3;1H. The summed E-state index contributed by atoms with van der Waals surface area (Å²) < 4.78 is 34.9. The second kappa shape index (κ2) is 7.68. The number of benzene rings is 1. The van der Waals surface area contributed by atoms with E-state index in [4.69, 9.17) is 4.74 Å². The first-order valence-electron chi connectivity index (χ1n) is 8.07. The molecule has 1 aromatic carbocycles. The summed E-state index contributed by atoms with van der Waals surface area (Å²) in [5, 5.41) is 3.40. The lowest BCUT2D eigenvalue weighted by Gasteiger charge is -2.37. The van der Waals surface area contributed by atoms with Crippen molar-refractivity contribution in [3.63, 3.8) is 0 Å². The van der Waals surface area contributed by atoms with Gasteiger partial charge in [0.15, 0.2) is 0 Å². The molecule has 3 rings (SSSR count). The first kappa shape index (κ1) is 19.6. The number of hydrogen-bond donors (Lipinski definition) is 2. The largest absolute Gasteiger partial charge is 0.373 e.